The first kappa shape index (κ1) is 17.5. The largest absolute Gasteiger partial charge is 0.493 e. The lowest BCUT2D eigenvalue weighted by Gasteiger charge is -2.14. The van der Waals surface area contributed by atoms with Gasteiger partial charge in [0.25, 0.3) is 0 Å². The van der Waals surface area contributed by atoms with Crippen molar-refractivity contribution >= 4 is 5.71 Å². The van der Waals surface area contributed by atoms with Crippen LogP contribution in [-0.2, 0) is 18.5 Å². The highest BCUT2D eigenvalue weighted by atomic mass is 16.6. The van der Waals surface area contributed by atoms with Gasteiger partial charge in [-0.3, -0.25) is 0 Å². The van der Waals surface area contributed by atoms with E-state index in [0.29, 0.717) is 23.8 Å². The van der Waals surface area contributed by atoms with Crippen LogP contribution in [0, 0.1) is 0 Å². The molecule has 0 atom stereocenters. The predicted octanol–water partition coefficient (Wildman–Crippen LogP) is 3.41. The fraction of sp³-hybridized carbons (Fsp3) is 0.200. The Bertz CT molecular complexity index is 903. The van der Waals surface area contributed by atoms with Crippen LogP contribution in [-0.4, -0.2) is 29.5 Å². The van der Waals surface area contributed by atoms with Gasteiger partial charge in [-0.05, 0) is 17.7 Å². The first-order valence-corrected chi connectivity index (χ1v) is 8.17. The number of nitrogens with zero attached hydrogens (tertiary/aromatic N) is 3. The number of ether oxygens (including phenoxy) is 2. The minimum Gasteiger partial charge on any atom is -0.493 e. The normalized spacial score (nSPS) is 11.3. The van der Waals surface area contributed by atoms with Crippen molar-refractivity contribution in [3.63, 3.8) is 0 Å². The molecule has 0 aliphatic carbocycles. The van der Waals surface area contributed by atoms with Crippen LogP contribution in [0.3, 0.4) is 0 Å². The summed E-state index contributed by atoms with van der Waals surface area (Å²) < 4.78 is 13.2. The Morgan fingerprint density at radius 1 is 1.04 bits per heavy atom. The van der Waals surface area contributed by atoms with Crippen molar-refractivity contribution in [1.29, 1.82) is 0 Å². The van der Waals surface area contributed by atoms with E-state index in [1.807, 2.05) is 66.3 Å². The van der Waals surface area contributed by atoms with Crippen LogP contribution in [0.2, 0.25) is 0 Å². The fourth-order valence-corrected chi connectivity index (χ4v) is 2.67. The number of benzene rings is 2. The number of para-hydroxylation sites is 2. The first-order chi connectivity index (χ1) is 12.7. The summed E-state index contributed by atoms with van der Waals surface area (Å²) in [6.07, 6.45) is 3.60. The number of methoxy groups -OCH3 is 1. The van der Waals surface area contributed by atoms with Gasteiger partial charge in [-0.25, -0.2) is 4.98 Å². The van der Waals surface area contributed by atoms with Gasteiger partial charge in [-0.15, -0.1) is 0 Å². The zero-order valence-electron chi connectivity index (χ0n) is 15.0. The van der Waals surface area contributed by atoms with Gasteiger partial charge >= 0.3 is 0 Å². The van der Waals surface area contributed by atoms with Gasteiger partial charge in [-0.2, -0.15) is 0 Å². The third-order valence-electron chi connectivity index (χ3n) is 3.94. The molecule has 1 aromatic heterocycles. The lowest BCUT2D eigenvalue weighted by atomic mass is 10.0. The van der Waals surface area contributed by atoms with Crippen molar-refractivity contribution in [3.05, 3.63) is 77.9 Å². The van der Waals surface area contributed by atoms with Crippen molar-refractivity contribution in [2.24, 2.45) is 12.2 Å². The maximum absolute atomic E-state index is 5.98. The second kappa shape index (κ2) is 8.20. The number of aryl methyl sites for hydroxylation is 1. The molecule has 1 heterocycles. The highest BCUT2D eigenvalue weighted by molar-refractivity contribution is 6.11. The molecule has 0 radical (unpaired) electrons. The van der Waals surface area contributed by atoms with E-state index in [2.05, 4.69) is 10.1 Å². The maximum atomic E-state index is 5.98. The van der Waals surface area contributed by atoms with E-state index in [0.717, 1.165) is 17.0 Å². The van der Waals surface area contributed by atoms with E-state index in [9.17, 15) is 0 Å². The van der Waals surface area contributed by atoms with Crippen LogP contribution >= 0.6 is 0 Å². The smallest absolute Gasteiger partial charge is 0.162 e. The van der Waals surface area contributed by atoms with Crippen LogP contribution in [0.5, 0.6) is 11.5 Å². The van der Waals surface area contributed by atoms with E-state index in [1.165, 1.54) is 7.11 Å². The van der Waals surface area contributed by atoms with E-state index < -0.39 is 0 Å². The van der Waals surface area contributed by atoms with E-state index >= 15 is 0 Å². The molecule has 6 nitrogen and oxygen atoms in total. The Balaban J connectivity index is 1.93. The summed E-state index contributed by atoms with van der Waals surface area (Å²) in [5.41, 5.74) is 2.52. The molecule has 6 heteroatoms. The lowest BCUT2D eigenvalue weighted by molar-refractivity contribution is 0.213. The van der Waals surface area contributed by atoms with Gasteiger partial charge < -0.3 is 18.9 Å². The minimum absolute atomic E-state index is 0.365. The molecular formula is C20H21N3O3. The maximum Gasteiger partial charge on any atom is 0.162 e. The van der Waals surface area contributed by atoms with Gasteiger partial charge in [-0.1, -0.05) is 41.6 Å². The zero-order valence-corrected chi connectivity index (χ0v) is 15.0. The van der Waals surface area contributed by atoms with E-state index in [1.54, 1.807) is 13.3 Å². The van der Waals surface area contributed by atoms with Crippen molar-refractivity contribution < 1.29 is 14.3 Å². The molecular weight excluding hydrogens is 330 g/mol. The number of imidazole rings is 1. The van der Waals surface area contributed by atoms with Crippen LogP contribution in [0.15, 0.2) is 66.1 Å². The van der Waals surface area contributed by atoms with E-state index in [4.69, 9.17) is 14.3 Å². The monoisotopic (exact) mass is 351 g/mol. The Labute approximate surface area is 152 Å². The molecule has 0 fully saturated rings. The fourth-order valence-electron chi connectivity index (χ4n) is 2.67. The zero-order chi connectivity index (χ0) is 18.4. The Morgan fingerprint density at radius 2 is 1.77 bits per heavy atom. The summed E-state index contributed by atoms with van der Waals surface area (Å²) in [7, 11) is 5.07. The molecule has 2 aromatic carbocycles. The summed E-state index contributed by atoms with van der Waals surface area (Å²) >= 11 is 0. The Hall–Kier alpha value is -3.28. The topological polar surface area (TPSA) is 57.9 Å². The van der Waals surface area contributed by atoms with Crippen molar-refractivity contribution in [2.75, 3.05) is 14.2 Å². The molecule has 3 aromatic rings. The number of rotatable bonds is 7. The quantitative estimate of drug-likeness (QED) is 0.483. The predicted molar refractivity (Wildman–Crippen MR) is 99.6 cm³/mol. The Morgan fingerprint density at radius 3 is 2.46 bits per heavy atom. The number of hydrogen-bond acceptors (Lipinski definition) is 5. The summed E-state index contributed by atoms with van der Waals surface area (Å²) in [6.45, 7) is 0.365. The molecule has 0 saturated carbocycles. The number of aromatic nitrogens is 2. The third kappa shape index (κ3) is 3.69. The van der Waals surface area contributed by atoms with Crippen molar-refractivity contribution in [2.45, 2.75) is 6.61 Å². The number of oxime groups is 1. The van der Waals surface area contributed by atoms with Crippen LogP contribution in [0.1, 0.15) is 17.0 Å². The van der Waals surface area contributed by atoms with Gasteiger partial charge in [0.05, 0.1) is 7.11 Å². The minimum atomic E-state index is 0.365. The standard InChI is InChI=1S/C20H21N3O3/c1-23-13-12-21-20(23)19(22-25-3)16-9-5-4-8-15(16)14-26-18-11-7-6-10-17(18)24-2/h4-13H,14H2,1-3H3/b22-19+. The first-order valence-electron chi connectivity index (χ1n) is 8.17. The van der Waals surface area contributed by atoms with Crippen molar-refractivity contribution in [3.8, 4) is 11.5 Å². The van der Waals surface area contributed by atoms with Crippen molar-refractivity contribution in [1.82, 2.24) is 9.55 Å². The SMILES string of the molecule is CO/N=C(\c1ccccc1COc1ccccc1OC)c1nccn1C. The third-order valence-corrected chi connectivity index (χ3v) is 3.94. The molecule has 0 aliphatic heterocycles. The molecule has 3 rings (SSSR count). The van der Waals surface area contributed by atoms with Crippen LogP contribution in [0.4, 0.5) is 0 Å². The molecule has 0 saturated heterocycles. The summed E-state index contributed by atoms with van der Waals surface area (Å²) in [5.74, 6) is 2.10. The summed E-state index contributed by atoms with van der Waals surface area (Å²) in [5, 5.41) is 4.20. The second-order valence-corrected chi connectivity index (χ2v) is 5.58. The number of hydrogen-bond donors (Lipinski definition) is 0. The Kier molecular flexibility index (Phi) is 5.53. The van der Waals surface area contributed by atoms with Gasteiger partial charge in [0, 0.05) is 25.0 Å². The lowest BCUT2D eigenvalue weighted by Crippen LogP contribution is -2.14. The second-order valence-electron chi connectivity index (χ2n) is 5.58. The average molecular weight is 351 g/mol. The molecule has 0 unspecified atom stereocenters. The molecule has 0 amide bonds. The molecule has 0 spiro atoms. The highest BCUT2D eigenvalue weighted by Crippen LogP contribution is 2.27. The summed E-state index contributed by atoms with van der Waals surface area (Å²) in [4.78, 5) is 9.45. The molecule has 26 heavy (non-hydrogen) atoms. The molecule has 0 bridgehead atoms. The van der Waals surface area contributed by atoms with Crippen LogP contribution < -0.4 is 9.47 Å². The molecule has 134 valence electrons. The van der Waals surface area contributed by atoms with E-state index in [-0.39, 0.29) is 0 Å². The van der Waals surface area contributed by atoms with Gasteiger partial charge in [0.15, 0.2) is 23.0 Å². The van der Waals surface area contributed by atoms with Gasteiger partial charge in [0.1, 0.15) is 13.7 Å². The summed E-state index contributed by atoms with van der Waals surface area (Å²) in [6, 6.07) is 15.5. The highest BCUT2D eigenvalue weighted by Gasteiger charge is 2.17. The average Bonchev–Trinajstić information content (AvgIpc) is 3.10. The molecule has 0 aliphatic rings. The molecule has 0 N–H and O–H groups in total. The van der Waals surface area contributed by atoms with Crippen LogP contribution in [0.25, 0.3) is 0 Å². The van der Waals surface area contributed by atoms with Gasteiger partial charge in [0.2, 0.25) is 0 Å².